The number of fused-ring (bicyclic) bond motifs is 1. The van der Waals surface area contributed by atoms with Gasteiger partial charge in [0.15, 0.2) is 0 Å². The molecule has 128 valence electrons. The molecule has 0 spiro atoms. The zero-order valence-corrected chi connectivity index (χ0v) is 18.1. The van der Waals surface area contributed by atoms with Crippen LogP contribution in [0.2, 0.25) is 0 Å². The van der Waals surface area contributed by atoms with E-state index in [1.165, 1.54) is 12.3 Å². The summed E-state index contributed by atoms with van der Waals surface area (Å²) >= 11 is 0.651. The number of hydrogen-bond donors (Lipinski definition) is 4. The fourth-order valence-corrected chi connectivity index (χ4v) is 3.45. The summed E-state index contributed by atoms with van der Waals surface area (Å²) in [6.45, 7) is 0.745. The molecule has 2 aromatic rings. The van der Waals surface area contributed by atoms with Gasteiger partial charge in [-0.1, -0.05) is 0 Å². The molecule has 1 amide bonds. The third-order valence-electron chi connectivity index (χ3n) is 3.56. The van der Waals surface area contributed by atoms with Crippen LogP contribution < -0.4 is 11.2 Å². The first kappa shape index (κ1) is 19.3. The maximum atomic E-state index is 11.1. The Morgan fingerprint density at radius 2 is 2.20 bits per heavy atom. The van der Waals surface area contributed by atoms with Gasteiger partial charge in [-0.3, -0.25) is 0 Å². The molecule has 0 aliphatic rings. The summed E-state index contributed by atoms with van der Waals surface area (Å²) in [7, 11) is 0. The molecule has 0 saturated carbocycles. The second kappa shape index (κ2) is 9.49. The van der Waals surface area contributed by atoms with Crippen LogP contribution in [0.1, 0.15) is 17.8 Å². The van der Waals surface area contributed by atoms with Gasteiger partial charge in [-0.05, 0) is 0 Å². The van der Waals surface area contributed by atoms with Gasteiger partial charge in [-0.15, -0.1) is 0 Å². The number of aliphatic hydroxyl groups is 1. The van der Waals surface area contributed by atoms with E-state index >= 15 is 0 Å². The molecule has 0 radical (unpaired) electrons. The zero-order valence-electron chi connectivity index (χ0n) is 13.6. The minimum atomic E-state index is -0.593. The number of carbonyl (C=O) groups is 1. The molecule has 0 atom stereocenters. The molecule has 8 heteroatoms. The van der Waals surface area contributed by atoms with Crippen molar-refractivity contribution in [1.82, 2.24) is 15.0 Å². The van der Waals surface area contributed by atoms with Gasteiger partial charge < -0.3 is 0 Å². The Labute approximate surface area is 161 Å². The number of allylic oxidation sites excluding steroid dienone is 2. The molecule has 0 unspecified atom stereocenters. The SMILES string of the molecule is N/C=C\C(=[CH]/[Tl])c1nc2cc(/C=C/C(=O)NO)ccc2n1CCCO. The standard InChI is InChI=1S/C17H19N4O3.Tl/c1-12(7-8-18)17-19-14-11-13(4-6-16(23)20-24)3-5-15(14)21(17)9-2-10-22;/h1,3-8,11,22,24H,2,9-10,18H2,(H,20,23);/b6-4+,8-7-,12-1?;. The van der Waals surface area contributed by atoms with Crippen LogP contribution in [0.15, 0.2) is 40.2 Å². The van der Waals surface area contributed by atoms with Crippen molar-refractivity contribution in [3.8, 4) is 0 Å². The number of hydroxylamine groups is 1. The second-order valence-corrected chi connectivity index (χ2v) is 6.50. The molecule has 7 nitrogen and oxygen atoms in total. The monoisotopic (exact) mass is 532 g/mol. The molecule has 0 saturated heterocycles. The number of rotatable bonds is 7. The third kappa shape index (κ3) is 4.77. The van der Waals surface area contributed by atoms with Crippen LogP contribution in [0.3, 0.4) is 0 Å². The van der Waals surface area contributed by atoms with E-state index in [-0.39, 0.29) is 6.61 Å². The number of carbonyl (C=O) groups excluding carboxylic acids is 1. The van der Waals surface area contributed by atoms with Gasteiger partial charge >= 0.3 is 161 Å². The van der Waals surface area contributed by atoms with Crippen LogP contribution in [-0.4, -0.2) is 58.1 Å². The number of aliphatic hydroxyl groups excluding tert-OH is 1. The van der Waals surface area contributed by atoms with Crippen molar-refractivity contribution in [3.63, 3.8) is 0 Å². The number of benzene rings is 1. The number of aryl methyl sites for hydroxylation is 1. The maximum absolute atomic E-state index is 11.1. The van der Waals surface area contributed by atoms with Crippen molar-refractivity contribution >= 4 is 54.4 Å². The number of nitrogens with zero attached hydrogens (tertiary/aromatic N) is 2. The Kier molecular flexibility index (Phi) is 7.35. The van der Waals surface area contributed by atoms with E-state index in [0.717, 1.165) is 28.0 Å². The predicted octanol–water partition coefficient (Wildman–Crippen LogP) is 0.919. The molecule has 0 fully saturated rings. The molecule has 0 bridgehead atoms. The molecule has 25 heavy (non-hydrogen) atoms. The summed E-state index contributed by atoms with van der Waals surface area (Å²) < 4.78 is 4.15. The molecule has 0 aliphatic carbocycles. The van der Waals surface area contributed by atoms with Crippen molar-refractivity contribution < 1.29 is 15.1 Å². The first-order chi connectivity index (χ1) is 12.1. The van der Waals surface area contributed by atoms with E-state index in [2.05, 4.69) is 8.20 Å². The predicted molar refractivity (Wildman–Crippen MR) is 97.5 cm³/mol. The summed E-state index contributed by atoms with van der Waals surface area (Å²) in [5, 5.41) is 17.7. The summed E-state index contributed by atoms with van der Waals surface area (Å²) in [5.74, 6) is 0.214. The Morgan fingerprint density at radius 1 is 1.40 bits per heavy atom. The van der Waals surface area contributed by atoms with Gasteiger partial charge in [0.2, 0.25) is 0 Å². The van der Waals surface area contributed by atoms with Gasteiger partial charge in [-0.25, -0.2) is 0 Å². The molecule has 1 aromatic heterocycles. The number of amides is 1. The number of nitrogens with one attached hydrogen (secondary N) is 1. The summed E-state index contributed by atoms with van der Waals surface area (Å²) in [5.41, 5.74) is 10.6. The fraction of sp³-hybridized carbons (Fsp3) is 0.176. The normalized spacial score (nSPS) is 12.4. The van der Waals surface area contributed by atoms with Crippen molar-refractivity contribution in [3.05, 3.63) is 51.6 Å². The van der Waals surface area contributed by atoms with Crippen LogP contribution in [0, 0.1) is 0 Å². The topological polar surface area (TPSA) is 113 Å². The van der Waals surface area contributed by atoms with Gasteiger partial charge in [-0.2, -0.15) is 0 Å². The van der Waals surface area contributed by atoms with Crippen molar-refractivity contribution in [2.24, 2.45) is 5.73 Å². The molecule has 5 N–H and O–H groups in total. The number of hydrogen-bond acceptors (Lipinski definition) is 5. The van der Waals surface area contributed by atoms with E-state index in [4.69, 9.17) is 15.9 Å². The van der Waals surface area contributed by atoms with Crippen LogP contribution in [-0.2, 0) is 11.3 Å². The average molecular weight is 532 g/mol. The number of nitrogens with two attached hydrogens (primary N) is 1. The fourth-order valence-electron chi connectivity index (χ4n) is 2.44. The second-order valence-electron chi connectivity index (χ2n) is 5.20. The quantitative estimate of drug-likeness (QED) is 0.140. The van der Waals surface area contributed by atoms with Gasteiger partial charge in [0, 0.05) is 0 Å². The zero-order chi connectivity index (χ0) is 18.2. The summed E-state index contributed by atoms with van der Waals surface area (Å²) in [6, 6.07) is 5.67. The molecule has 2 rings (SSSR count). The molecule has 1 aromatic carbocycles. The third-order valence-corrected chi connectivity index (χ3v) is 4.96. The van der Waals surface area contributed by atoms with Crippen LogP contribution in [0.4, 0.5) is 0 Å². The van der Waals surface area contributed by atoms with Crippen LogP contribution in [0.25, 0.3) is 22.7 Å². The van der Waals surface area contributed by atoms with E-state index < -0.39 is 5.91 Å². The van der Waals surface area contributed by atoms with Gasteiger partial charge in [0.1, 0.15) is 0 Å². The Hall–Kier alpha value is -1.98. The van der Waals surface area contributed by atoms with E-state index in [9.17, 15) is 9.90 Å². The first-order valence-electron chi connectivity index (χ1n) is 7.68. The van der Waals surface area contributed by atoms with Crippen molar-refractivity contribution in [2.45, 2.75) is 13.0 Å². The molecular weight excluding hydrogens is 513 g/mol. The Balaban J connectivity index is 2.52. The number of aromatic nitrogens is 2. The average Bonchev–Trinajstić information content (AvgIpc) is 2.99. The Morgan fingerprint density at radius 3 is 2.84 bits per heavy atom. The molecule has 1 heterocycles. The van der Waals surface area contributed by atoms with Crippen molar-refractivity contribution in [2.75, 3.05) is 6.61 Å². The Bertz CT molecular complexity index is 840. The van der Waals surface area contributed by atoms with Gasteiger partial charge in [0.05, 0.1) is 0 Å². The number of imidazole rings is 1. The summed E-state index contributed by atoms with van der Waals surface area (Å²) in [6.07, 6.45) is 6.78. The van der Waals surface area contributed by atoms with E-state index in [1.807, 2.05) is 24.3 Å². The van der Waals surface area contributed by atoms with E-state index in [0.29, 0.717) is 38.7 Å². The first-order valence-corrected chi connectivity index (χ1v) is 10.3. The van der Waals surface area contributed by atoms with Gasteiger partial charge in [0.25, 0.3) is 0 Å². The molecule has 0 aliphatic heterocycles. The van der Waals surface area contributed by atoms with E-state index in [1.54, 1.807) is 11.6 Å². The minimum absolute atomic E-state index is 0.102. The van der Waals surface area contributed by atoms with Crippen LogP contribution >= 0.6 is 0 Å². The van der Waals surface area contributed by atoms with Crippen LogP contribution in [0.5, 0.6) is 0 Å². The van der Waals surface area contributed by atoms with Crippen molar-refractivity contribution in [1.29, 1.82) is 0 Å². The summed E-state index contributed by atoms with van der Waals surface area (Å²) in [4.78, 5) is 15.8. The molecular formula is C17H19N4O3Tl.